The van der Waals surface area contributed by atoms with E-state index in [-0.39, 0.29) is 12.3 Å². The number of esters is 1. The van der Waals surface area contributed by atoms with Crippen LogP contribution < -0.4 is 0 Å². The quantitative estimate of drug-likeness (QED) is 0.0556. The third-order valence-corrected chi connectivity index (χ3v) is 45.2. The van der Waals surface area contributed by atoms with Crippen molar-refractivity contribution in [3.8, 4) is 0 Å². The number of rotatable bonds is 29. The Morgan fingerprint density at radius 1 is 0.756 bits per heavy atom. The molecule has 0 aromatic heterocycles. The number of carbonyl (C=O) groups is 1. The molecule has 1 heterocycles. The molecule has 0 amide bonds. The summed E-state index contributed by atoms with van der Waals surface area (Å²) in [7, 11) is 0. The number of hydrogen-bond donors (Lipinski definition) is 0. The predicted molar refractivity (Wildman–Crippen MR) is 202 cm³/mol. The Hall–Kier alpha value is 0.727. The Kier molecular flexibility index (Phi) is 26.8. The van der Waals surface area contributed by atoms with Crippen LogP contribution in [0.2, 0.25) is 30.6 Å². The van der Waals surface area contributed by atoms with Crippen LogP contribution in [0.4, 0.5) is 0 Å². The zero-order valence-corrected chi connectivity index (χ0v) is 37.2. The number of hydrogen-bond acceptors (Lipinski definition) is 4. The van der Waals surface area contributed by atoms with Crippen molar-refractivity contribution in [3.63, 3.8) is 0 Å². The summed E-state index contributed by atoms with van der Waals surface area (Å²) in [6.07, 6.45) is 25.0. The van der Waals surface area contributed by atoms with Crippen molar-refractivity contribution in [3.05, 3.63) is 9.67 Å². The summed E-state index contributed by atoms with van der Waals surface area (Å²) in [6, 6.07) is 0. The first-order valence-corrected chi connectivity index (χ1v) is 35.2. The number of carbonyl (C=O) groups excluding carboxylic acids is 1. The Morgan fingerprint density at radius 3 is 1.71 bits per heavy atom. The van der Waals surface area contributed by atoms with Crippen LogP contribution in [0.1, 0.15) is 164 Å². The van der Waals surface area contributed by atoms with E-state index in [1.807, 2.05) is 10.5 Å². The van der Waals surface area contributed by atoms with Crippen LogP contribution in [0.5, 0.6) is 0 Å². The van der Waals surface area contributed by atoms with E-state index >= 15 is 0 Å². The van der Waals surface area contributed by atoms with E-state index in [4.69, 9.17) is 14.2 Å². The van der Waals surface area contributed by atoms with Gasteiger partial charge in [0.25, 0.3) is 0 Å². The average Bonchev–Trinajstić information content (AvgIpc) is 3.06. The monoisotopic (exact) mass is 850 g/mol. The van der Waals surface area contributed by atoms with Gasteiger partial charge in [-0.05, 0) is 0 Å². The van der Waals surface area contributed by atoms with Crippen molar-refractivity contribution in [2.75, 3.05) is 19.8 Å². The fourth-order valence-electron chi connectivity index (χ4n) is 8.03. The van der Waals surface area contributed by atoms with Gasteiger partial charge in [0.05, 0.1) is 0 Å². The predicted octanol–water partition coefficient (Wildman–Crippen LogP) is 12.8. The van der Waals surface area contributed by atoms with Crippen LogP contribution in [0.15, 0.2) is 9.67 Å². The fourth-order valence-corrected chi connectivity index (χ4v) is 43.7. The molecule has 1 rings (SSSR count). The molecule has 0 aromatic rings. The minimum atomic E-state index is -2.69. The van der Waals surface area contributed by atoms with Gasteiger partial charge in [0.15, 0.2) is 0 Å². The molecule has 266 valence electrons. The molecule has 0 spiro atoms. The van der Waals surface area contributed by atoms with Crippen molar-refractivity contribution >= 4 is 42.7 Å². The van der Waals surface area contributed by atoms with Gasteiger partial charge in [-0.3, -0.25) is 0 Å². The Balaban J connectivity index is 3.58. The molecule has 0 saturated carbocycles. The molecule has 1 aliphatic rings. The number of unbranched alkanes of at least 4 members (excludes halogenated alkanes) is 6. The maximum atomic E-state index is 13.3. The molecule has 6 heteroatoms. The van der Waals surface area contributed by atoms with Crippen molar-refractivity contribution in [1.29, 1.82) is 0 Å². The third kappa shape index (κ3) is 17.3. The van der Waals surface area contributed by atoms with E-state index in [1.54, 1.807) is 0 Å². The van der Waals surface area contributed by atoms with Crippen LogP contribution in [0.3, 0.4) is 0 Å². The van der Waals surface area contributed by atoms with Gasteiger partial charge in [0, 0.05) is 0 Å². The average molecular weight is 848 g/mol. The molecule has 1 fully saturated rings. The van der Waals surface area contributed by atoms with Gasteiger partial charge in [-0.25, -0.2) is 0 Å². The topological polar surface area (TPSA) is 44.8 Å². The van der Waals surface area contributed by atoms with E-state index in [9.17, 15) is 4.79 Å². The van der Waals surface area contributed by atoms with Crippen molar-refractivity contribution < 1.29 is 19.0 Å². The fraction of sp³-hybridized carbons (Fsp3) is 0.923. The summed E-state index contributed by atoms with van der Waals surface area (Å²) in [6.45, 7) is 18.3. The van der Waals surface area contributed by atoms with Crippen LogP contribution in [0.25, 0.3) is 0 Å². The molecule has 1 aliphatic heterocycles. The third-order valence-electron chi connectivity index (χ3n) is 10.9. The first-order chi connectivity index (χ1) is 21.9. The van der Waals surface area contributed by atoms with Gasteiger partial charge in [0.2, 0.25) is 0 Å². The van der Waals surface area contributed by atoms with Gasteiger partial charge in [0.1, 0.15) is 0 Å². The molecule has 45 heavy (non-hydrogen) atoms. The zero-order valence-electron chi connectivity index (χ0n) is 31.5. The second kappa shape index (κ2) is 27.5. The van der Waals surface area contributed by atoms with E-state index < -0.39 is 36.8 Å². The molecule has 4 nitrogen and oxygen atoms in total. The van der Waals surface area contributed by atoms with Crippen LogP contribution in [0, 0.1) is 0 Å². The van der Waals surface area contributed by atoms with Crippen molar-refractivity contribution in [1.82, 2.24) is 0 Å². The summed E-state index contributed by atoms with van der Waals surface area (Å²) in [5.74, 6) is 0.0779. The van der Waals surface area contributed by atoms with Gasteiger partial charge in [-0.1, -0.05) is 0 Å². The van der Waals surface area contributed by atoms with Crippen molar-refractivity contribution in [2.45, 2.75) is 201 Å². The SMILES string of the molecule is CCC[CH2][Sn]([CH2]CCC)([CH2]CCC)/[C](=C/COC1CCCCO1)CC[CH](CC(=O)OCC)[Sn]([CH2]CCC)([CH2]CCC)[CH2]CCC. The van der Waals surface area contributed by atoms with E-state index in [0.29, 0.717) is 23.6 Å². The van der Waals surface area contributed by atoms with Crippen LogP contribution >= 0.6 is 0 Å². The summed E-state index contributed by atoms with van der Waals surface area (Å²) >= 11 is -5.36. The number of allylic oxidation sites excluding steroid dienone is 1. The molecular formula is C39H78O4Sn2. The standard InChI is InChI=1S/C15H24O4.6C4H9.2Sn/c1-2-17-14(16)10-6-4-3-5-8-12-18-15-11-7-9-13-19-15;6*1-3-4-2;;/h6,8,15H,2-4,7,9-13H2,1H3;6*1,3-4H2,2H3;;. The zero-order chi connectivity index (χ0) is 33.2. The van der Waals surface area contributed by atoms with Crippen LogP contribution in [-0.4, -0.2) is 68.8 Å². The molecule has 0 radical (unpaired) electrons. The molecule has 0 aliphatic carbocycles. The number of ether oxygens (including phenoxy) is 3. The molecule has 2 unspecified atom stereocenters. The summed E-state index contributed by atoms with van der Waals surface area (Å²) in [4.78, 5) is 13.3. The second-order valence-corrected chi connectivity index (χ2v) is 42.2. The van der Waals surface area contributed by atoms with Gasteiger partial charge >= 0.3 is 292 Å². The molecular weight excluding hydrogens is 770 g/mol. The van der Waals surface area contributed by atoms with E-state index in [2.05, 4.69) is 47.6 Å². The van der Waals surface area contributed by atoms with Crippen LogP contribution in [-0.2, 0) is 19.0 Å². The first kappa shape index (κ1) is 43.7. The summed E-state index contributed by atoms with van der Waals surface area (Å²) < 4.78 is 29.5. The molecule has 1 saturated heterocycles. The second-order valence-electron chi connectivity index (χ2n) is 14.4. The molecule has 0 N–H and O–H groups in total. The Bertz CT molecular complexity index is 706. The van der Waals surface area contributed by atoms with E-state index in [0.717, 1.165) is 19.4 Å². The Morgan fingerprint density at radius 2 is 1.27 bits per heavy atom. The van der Waals surface area contributed by atoms with Gasteiger partial charge < -0.3 is 0 Å². The molecule has 0 bridgehead atoms. The summed E-state index contributed by atoms with van der Waals surface area (Å²) in [5, 5.41) is 0. The summed E-state index contributed by atoms with van der Waals surface area (Å²) in [5.41, 5.74) is 0. The van der Waals surface area contributed by atoms with Crippen molar-refractivity contribution in [2.24, 2.45) is 0 Å². The van der Waals surface area contributed by atoms with E-state index in [1.165, 1.54) is 123 Å². The molecule has 2 atom stereocenters. The van der Waals surface area contributed by atoms with Gasteiger partial charge in [-0.15, -0.1) is 0 Å². The molecule has 0 aromatic carbocycles. The maximum absolute atomic E-state index is 13.3. The normalized spacial score (nSPS) is 17.0. The first-order valence-electron chi connectivity index (χ1n) is 20.0. The van der Waals surface area contributed by atoms with Gasteiger partial charge in [-0.2, -0.15) is 0 Å². The minimum absolute atomic E-state index is 0.0275. The Labute approximate surface area is 290 Å².